The molecular weight excluding hydrogens is 308 g/mol. The first kappa shape index (κ1) is 14.5. The normalized spacial score (nSPS) is 18.3. The van der Waals surface area contributed by atoms with Gasteiger partial charge in [0, 0.05) is 24.6 Å². The van der Waals surface area contributed by atoms with E-state index in [9.17, 15) is 10.1 Å². The Morgan fingerprint density at radius 3 is 2.81 bits per heavy atom. The quantitative estimate of drug-likeness (QED) is 0.616. The Hall–Kier alpha value is -1.44. The topological polar surface area (TPSA) is 55.6 Å². The molecule has 1 aliphatic rings. The third kappa shape index (κ3) is 2.95. The maximum atomic E-state index is 10.8. The molecule has 0 spiro atoms. The number of anilines is 1. The molecule has 0 unspecified atom stereocenters. The van der Waals surface area contributed by atoms with Crippen LogP contribution in [0.1, 0.15) is 12.8 Å². The number of thiophene rings is 2. The van der Waals surface area contributed by atoms with Crippen LogP contribution in [0.5, 0.6) is 0 Å². The molecular formula is C14H16N2O3S2. The highest BCUT2D eigenvalue weighted by atomic mass is 32.1. The molecule has 0 aliphatic carbocycles. The Bertz CT molecular complexity index is 638. The van der Waals surface area contributed by atoms with Crippen LogP contribution in [-0.4, -0.2) is 31.2 Å². The molecule has 1 atom stereocenters. The van der Waals surface area contributed by atoms with Crippen LogP contribution in [0.3, 0.4) is 0 Å². The Morgan fingerprint density at radius 2 is 2.10 bits per heavy atom. The molecule has 7 heteroatoms. The SMILES string of the molecule is COC[C@H]1CCCN1c1ccc(-c2ccc([N+](=O)[O-])s2)s1. The second kappa shape index (κ2) is 6.13. The van der Waals surface area contributed by atoms with E-state index in [0.29, 0.717) is 6.04 Å². The Balaban J connectivity index is 1.80. The predicted octanol–water partition coefficient (Wildman–Crippen LogP) is 4.00. The molecule has 3 heterocycles. The first-order valence-electron chi connectivity index (χ1n) is 6.79. The predicted molar refractivity (Wildman–Crippen MR) is 86.5 cm³/mol. The highest BCUT2D eigenvalue weighted by Gasteiger charge is 2.26. The van der Waals surface area contributed by atoms with Gasteiger partial charge in [-0.1, -0.05) is 11.3 Å². The van der Waals surface area contributed by atoms with Crippen molar-refractivity contribution in [3.8, 4) is 9.75 Å². The fraction of sp³-hybridized carbons (Fsp3) is 0.429. The van der Waals surface area contributed by atoms with Gasteiger partial charge in [-0.15, -0.1) is 11.3 Å². The van der Waals surface area contributed by atoms with E-state index in [4.69, 9.17) is 4.74 Å². The lowest BCUT2D eigenvalue weighted by atomic mass is 10.2. The largest absolute Gasteiger partial charge is 0.383 e. The zero-order valence-corrected chi connectivity index (χ0v) is 13.3. The summed E-state index contributed by atoms with van der Waals surface area (Å²) >= 11 is 2.93. The molecule has 0 N–H and O–H groups in total. The van der Waals surface area contributed by atoms with Crippen LogP contribution in [-0.2, 0) is 4.74 Å². The molecule has 0 amide bonds. The summed E-state index contributed by atoms with van der Waals surface area (Å²) in [5.74, 6) is 0. The first-order valence-corrected chi connectivity index (χ1v) is 8.42. The molecule has 21 heavy (non-hydrogen) atoms. The van der Waals surface area contributed by atoms with Crippen molar-refractivity contribution in [2.75, 3.05) is 25.2 Å². The molecule has 2 aromatic heterocycles. The second-order valence-electron chi connectivity index (χ2n) is 4.98. The van der Waals surface area contributed by atoms with Crippen molar-refractivity contribution in [2.24, 2.45) is 0 Å². The number of rotatable bonds is 5. The fourth-order valence-corrected chi connectivity index (χ4v) is 4.68. The molecule has 1 fully saturated rings. The Labute approximate surface area is 130 Å². The van der Waals surface area contributed by atoms with Gasteiger partial charge in [-0.25, -0.2) is 0 Å². The summed E-state index contributed by atoms with van der Waals surface area (Å²) in [6.07, 6.45) is 2.34. The number of ether oxygens (including phenoxy) is 1. The molecule has 1 saturated heterocycles. The summed E-state index contributed by atoms with van der Waals surface area (Å²) in [6, 6.07) is 8.01. The number of methoxy groups -OCH3 is 1. The fourth-order valence-electron chi connectivity index (χ4n) is 2.66. The van der Waals surface area contributed by atoms with Gasteiger partial charge in [-0.05, 0) is 31.0 Å². The van der Waals surface area contributed by atoms with Crippen LogP contribution in [0.4, 0.5) is 10.0 Å². The summed E-state index contributed by atoms with van der Waals surface area (Å²) in [5.41, 5.74) is 0. The van der Waals surface area contributed by atoms with Crippen molar-refractivity contribution >= 4 is 32.7 Å². The van der Waals surface area contributed by atoms with Crippen LogP contribution in [0.25, 0.3) is 9.75 Å². The van der Waals surface area contributed by atoms with Gasteiger partial charge < -0.3 is 9.64 Å². The van der Waals surface area contributed by atoms with Gasteiger partial charge in [0.05, 0.1) is 27.5 Å². The Morgan fingerprint density at radius 1 is 1.33 bits per heavy atom. The Kier molecular flexibility index (Phi) is 4.23. The van der Waals surface area contributed by atoms with Crippen molar-refractivity contribution in [1.82, 2.24) is 0 Å². The van der Waals surface area contributed by atoms with Crippen LogP contribution in [0.2, 0.25) is 0 Å². The summed E-state index contributed by atoms with van der Waals surface area (Å²) in [4.78, 5) is 14.9. The average Bonchev–Trinajstić information content (AvgIpc) is 3.18. The van der Waals surface area contributed by atoms with Crippen LogP contribution in [0.15, 0.2) is 24.3 Å². The van der Waals surface area contributed by atoms with Crippen molar-refractivity contribution < 1.29 is 9.66 Å². The minimum Gasteiger partial charge on any atom is -0.383 e. The third-order valence-corrected chi connectivity index (χ3v) is 5.98. The van der Waals surface area contributed by atoms with Crippen molar-refractivity contribution in [3.63, 3.8) is 0 Å². The van der Waals surface area contributed by atoms with Gasteiger partial charge in [0.1, 0.15) is 0 Å². The van der Waals surface area contributed by atoms with E-state index in [2.05, 4.69) is 17.0 Å². The lowest BCUT2D eigenvalue weighted by Gasteiger charge is -2.24. The van der Waals surface area contributed by atoms with Gasteiger partial charge in [0.25, 0.3) is 0 Å². The molecule has 0 aromatic carbocycles. The minimum absolute atomic E-state index is 0.193. The van der Waals surface area contributed by atoms with E-state index >= 15 is 0 Å². The molecule has 3 rings (SSSR count). The average molecular weight is 324 g/mol. The molecule has 0 saturated carbocycles. The van der Waals surface area contributed by atoms with Gasteiger partial charge in [-0.2, -0.15) is 0 Å². The van der Waals surface area contributed by atoms with Gasteiger partial charge in [-0.3, -0.25) is 10.1 Å². The zero-order chi connectivity index (χ0) is 14.8. The van der Waals surface area contributed by atoms with Crippen molar-refractivity contribution in [2.45, 2.75) is 18.9 Å². The maximum absolute atomic E-state index is 10.8. The number of nitro groups is 1. The number of hydrogen-bond acceptors (Lipinski definition) is 6. The van der Waals surface area contributed by atoms with Crippen LogP contribution in [0, 0.1) is 10.1 Å². The van der Waals surface area contributed by atoms with E-state index in [1.54, 1.807) is 24.5 Å². The third-order valence-electron chi connectivity index (χ3n) is 3.63. The van der Waals surface area contributed by atoms with Crippen molar-refractivity contribution in [3.05, 3.63) is 34.4 Å². The first-order chi connectivity index (χ1) is 10.2. The molecule has 0 radical (unpaired) electrons. The minimum atomic E-state index is -0.336. The zero-order valence-electron chi connectivity index (χ0n) is 11.7. The highest BCUT2D eigenvalue weighted by molar-refractivity contribution is 7.25. The summed E-state index contributed by atoms with van der Waals surface area (Å²) in [6.45, 7) is 1.80. The van der Waals surface area contributed by atoms with Crippen molar-refractivity contribution in [1.29, 1.82) is 0 Å². The van der Waals surface area contributed by atoms with Gasteiger partial charge in [0.15, 0.2) is 0 Å². The van der Waals surface area contributed by atoms with Gasteiger partial charge >= 0.3 is 5.00 Å². The smallest absolute Gasteiger partial charge is 0.324 e. The number of hydrogen-bond donors (Lipinski definition) is 0. The molecule has 2 aromatic rings. The van der Waals surface area contributed by atoms with Crippen LogP contribution >= 0.6 is 22.7 Å². The monoisotopic (exact) mass is 324 g/mol. The van der Waals surface area contributed by atoms with E-state index in [-0.39, 0.29) is 9.92 Å². The molecule has 5 nitrogen and oxygen atoms in total. The second-order valence-corrected chi connectivity index (χ2v) is 7.10. The maximum Gasteiger partial charge on any atom is 0.324 e. The van der Waals surface area contributed by atoms with E-state index < -0.39 is 0 Å². The van der Waals surface area contributed by atoms with E-state index in [0.717, 1.165) is 29.3 Å². The molecule has 0 bridgehead atoms. The lowest BCUT2D eigenvalue weighted by Crippen LogP contribution is -2.31. The molecule has 1 aliphatic heterocycles. The lowest BCUT2D eigenvalue weighted by molar-refractivity contribution is -0.380. The van der Waals surface area contributed by atoms with Gasteiger partial charge in [0.2, 0.25) is 0 Å². The number of nitrogens with zero attached hydrogens (tertiary/aromatic N) is 2. The summed E-state index contributed by atoms with van der Waals surface area (Å²) in [7, 11) is 1.74. The highest BCUT2D eigenvalue weighted by Crippen LogP contribution is 2.40. The molecule has 112 valence electrons. The standard InChI is InChI=1S/C14H16N2O3S2/c1-19-9-10-3-2-8-15(10)13-6-4-11(20-13)12-5-7-14(21-12)16(17)18/h4-7,10H,2-3,8-9H2,1H3/t10-/m1/s1. The van der Waals surface area contributed by atoms with Crippen LogP contribution < -0.4 is 4.90 Å². The summed E-state index contributed by atoms with van der Waals surface area (Å²) < 4.78 is 5.29. The summed E-state index contributed by atoms with van der Waals surface area (Å²) in [5, 5.41) is 12.2. The van der Waals surface area contributed by atoms with E-state index in [1.807, 2.05) is 6.07 Å². The van der Waals surface area contributed by atoms with E-state index in [1.165, 1.54) is 22.8 Å².